The summed E-state index contributed by atoms with van der Waals surface area (Å²) < 4.78 is 5.44. The van der Waals surface area contributed by atoms with Crippen molar-refractivity contribution in [2.24, 2.45) is 5.41 Å². The molecule has 5 heteroatoms. The molecule has 1 heterocycles. The first kappa shape index (κ1) is 18.9. The molecule has 1 aromatic rings. The summed E-state index contributed by atoms with van der Waals surface area (Å²) in [6.07, 6.45) is 1.67. The summed E-state index contributed by atoms with van der Waals surface area (Å²) in [7, 11) is 1.63. The Labute approximate surface area is 149 Å². The molecular formula is C19H28ClNO3. The number of aryl methyl sites for hydroxylation is 1. The number of piperidine rings is 1. The fourth-order valence-corrected chi connectivity index (χ4v) is 3.96. The van der Waals surface area contributed by atoms with Crippen LogP contribution >= 0.6 is 11.6 Å². The fraction of sp³-hybridized carbons (Fsp3) is 0.632. The van der Waals surface area contributed by atoms with Gasteiger partial charge in [0.25, 0.3) is 0 Å². The molecule has 2 atom stereocenters. The maximum Gasteiger partial charge on any atom is 0.407 e. The number of benzene rings is 1. The second-order valence-corrected chi connectivity index (χ2v) is 8.01. The second-order valence-electron chi connectivity index (χ2n) is 7.63. The molecule has 24 heavy (non-hydrogen) atoms. The zero-order valence-electron chi connectivity index (χ0n) is 15.2. The molecule has 0 bridgehead atoms. The highest BCUT2D eigenvalue weighted by molar-refractivity contribution is 6.32. The fourth-order valence-electron chi connectivity index (χ4n) is 3.64. The quantitative estimate of drug-likeness (QED) is 0.814. The Hall–Kier alpha value is -1.42. The molecule has 0 aromatic heterocycles. The predicted octanol–water partition coefficient (Wildman–Crippen LogP) is 5.18. The summed E-state index contributed by atoms with van der Waals surface area (Å²) >= 11 is 6.37. The van der Waals surface area contributed by atoms with E-state index in [-0.39, 0.29) is 11.5 Å². The standard InChI is InChI=1S/C19H28ClNO3/c1-6-12-9-14(10-15(24-5)17(12)20)13-7-8-21(18(22)23)16(11-13)19(2,3)4/h9-10,13,16H,6-8,11H2,1-5H3,(H,22,23). The molecule has 4 nitrogen and oxygen atoms in total. The zero-order valence-corrected chi connectivity index (χ0v) is 16.0. The van der Waals surface area contributed by atoms with Crippen LogP contribution in [0, 0.1) is 5.41 Å². The minimum atomic E-state index is -0.823. The molecule has 0 aliphatic carbocycles. The molecule has 0 radical (unpaired) electrons. The van der Waals surface area contributed by atoms with Gasteiger partial charge < -0.3 is 14.7 Å². The minimum Gasteiger partial charge on any atom is -0.495 e. The smallest absolute Gasteiger partial charge is 0.407 e. The number of carboxylic acid groups (broad SMARTS) is 1. The Morgan fingerprint density at radius 2 is 2.08 bits per heavy atom. The van der Waals surface area contributed by atoms with Gasteiger partial charge in [-0.2, -0.15) is 0 Å². The van der Waals surface area contributed by atoms with E-state index in [4.69, 9.17) is 16.3 Å². The molecule has 2 unspecified atom stereocenters. The highest BCUT2D eigenvalue weighted by Crippen LogP contribution is 2.41. The molecule has 1 aliphatic rings. The number of rotatable bonds is 3. The lowest BCUT2D eigenvalue weighted by Gasteiger charge is -2.44. The molecule has 1 aromatic carbocycles. The lowest BCUT2D eigenvalue weighted by Crippen LogP contribution is -2.51. The third-order valence-corrected chi connectivity index (χ3v) is 5.49. The number of methoxy groups -OCH3 is 1. The van der Waals surface area contributed by atoms with Gasteiger partial charge in [0.05, 0.1) is 12.1 Å². The van der Waals surface area contributed by atoms with Gasteiger partial charge in [0.2, 0.25) is 0 Å². The maximum absolute atomic E-state index is 11.6. The summed E-state index contributed by atoms with van der Waals surface area (Å²) in [5, 5.41) is 10.2. The van der Waals surface area contributed by atoms with Crippen molar-refractivity contribution in [1.29, 1.82) is 0 Å². The van der Waals surface area contributed by atoms with Crippen molar-refractivity contribution < 1.29 is 14.6 Å². The van der Waals surface area contributed by atoms with E-state index in [9.17, 15) is 9.90 Å². The Morgan fingerprint density at radius 1 is 1.42 bits per heavy atom. The topological polar surface area (TPSA) is 49.8 Å². The number of carbonyl (C=O) groups is 1. The highest BCUT2D eigenvalue weighted by atomic mass is 35.5. The van der Waals surface area contributed by atoms with E-state index in [1.807, 2.05) is 6.07 Å². The third kappa shape index (κ3) is 3.80. The van der Waals surface area contributed by atoms with E-state index in [0.717, 1.165) is 24.8 Å². The van der Waals surface area contributed by atoms with Crippen LogP contribution < -0.4 is 4.74 Å². The van der Waals surface area contributed by atoms with Crippen LogP contribution in [0.2, 0.25) is 5.02 Å². The first-order valence-electron chi connectivity index (χ1n) is 8.54. The van der Waals surface area contributed by atoms with Crippen molar-refractivity contribution in [3.63, 3.8) is 0 Å². The van der Waals surface area contributed by atoms with E-state index in [1.54, 1.807) is 12.0 Å². The summed E-state index contributed by atoms with van der Waals surface area (Å²) in [6.45, 7) is 8.96. The van der Waals surface area contributed by atoms with Crippen molar-refractivity contribution in [2.45, 2.75) is 58.9 Å². The Balaban J connectivity index is 2.35. The summed E-state index contributed by atoms with van der Waals surface area (Å²) in [4.78, 5) is 13.2. The van der Waals surface area contributed by atoms with Crippen LogP contribution in [0.15, 0.2) is 12.1 Å². The highest BCUT2D eigenvalue weighted by Gasteiger charge is 2.39. The van der Waals surface area contributed by atoms with Crippen molar-refractivity contribution in [2.75, 3.05) is 13.7 Å². The Kier molecular flexibility index (Phi) is 5.69. The molecule has 1 fully saturated rings. The third-order valence-electron chi connectivity index (χ3n) is 5.06. The van der Waals surface area contributed by atoms with Crippen LogP contribution in [-0.4, -0.2) is 35.8 Å². The van der Waals surface area contributed by atoms with Gasteiger partial charge in [0.1, 0.15) is 5.75 Å². The van der Waals surface area contributed by atoms with Gasteiger partial charge in [-0.05, 0) is 47.8 Å². The number of hydrogen-bond acceptors (Lipinski definition) is 2. The normalized spacial score (nSPS) is 21.7. The average Bonchev–Trinajstić information content (AvgIpc) is 2.53. The van der Waals surface area contributed by atoms with Gasteiger partial charge >= 0.3 is 6.09 Å². The number of nitrogens with zero attached hydrogens (tertiary/aromatic N) is 1. The number of ether oxygens (including phenoxy) is 1. The molecular weight excluding hydrogens is 326 g/mol. The molecule has 0 spiro atoms. The Morgan fingerprint density at radius 3 is 2.58 bits per heavy atom. The van der Waals surface area contributed by atoms with E-state index < -0.39 is 6.09 Å². The monoisotopic (exact) mass is 353 g/mol. The van der Waals surface area contributed by atoms with Gasteiger partial charge in [-0.15, -0.1) is 0 Å². The summed E-state index contributed by atoms with van der Waals surface area (Å²) in [5.74, 6) is 1.03. The lowest BCUT2D eigenvalue weighted by atomic mass is 9.75. The first-order chi connectivity index (χ1) is 11.2. The van der Waals surface area contributed by atoms with E-state index in [1.165, 1.54) is 5.56 Å². The van der Waals surface area contributed by atoms with Gasteiger partial charge in [0, 0.05) is 12.6 Å². The summed E-state index contributed by atoms with van der Waals surface area (Å²) in [6, 6.07) is 4.18. The minimum absolute atomic E-state index is 0.000462. The largest absolute Gasteiger partial charge is 0.495 e. The number of hydrogen-bond donors (Lipinski definition) is 1. The molecule has 1 N–H and O–H groups in total. The van der Waals surface area contributed by atoms with Crippen LogP contribution in [0.4, 0.5) is 4.79 Å². The van der Waals surface area contributed by atoms with Crippen molar-refractivity contribution >= 4 is 17.7 Å². The number of halogens is 1. The van der Waals surface area contributed by atoms with Gasteiger partial charge in [0.15, 0.2) is 0 Å². The number of likely N-dealkylation sites (tertiary alicyclic amines) is 1. The van der Waals surface area contributed by atoms with Crippen molar-refractivity contribution in [3.8, 4) is 5.75 Å². The van der Waals surface area contributed by atoms with Crippen LogP contribution in [0.1, 0.15) is 57.6 Å². The van der Waals surface area contributed by atoms with Crippen LogP contribution in [0.5, 0.6) is 5.75 Å². The van der Waals surface area contributed by atoms with Crippen LogP contribution in [0.25, 0.3) is 0 Å². The first-order valence-corrected chi connectivity index (χ1v) is 8.92. The number of amides is 1. The van der Waals surface area contributed by atoms with E-state index in [2.05, 4.69) is 33.8 Å². The molecule has 2 rings (SSSR count). The molecule has 1 aliphatic heterocycles. The molecule has 134 valence electrons. The average molecular weight is 354 g/mol. The van der Waals surface area contributed by atoms with Gasteiger partial charge in [-0.1, -0.05) is 45.4 Å². The lowest BCUT2D eigenvalue weighted by molar-refractivity contribution is 0.0525. The molecule has 1 saturated heterocycles. The maximum atomic E-state index is 11.6. The van der Waals surface area contributed by atoms with Crippen molar-refractivity contribution in [3.05, 3.63) is 28.3 Å². The predicted molar refractivity (Wildman–Crippen MR) is 97.3 cm³/mol. The molecule has 1 amide bonds. The van der Waals surface area contributed by atoms with Gasteiger partial charge in [-0.3, -0.25) is 0 Å². The van der Waals surface area contributed by atoms with E-state index in [0.29, 0.717) is 23.2 Å². The zero-order chi connectivity index (χ0) is 18.1. The van der Waals surface area contributed by atoms with Crippen molar-refractivity contribution in [1.82, 2.24) is 4.90 Å². The van der Waals surface area contributed by atoms with E-state index >= 15 is 0 Å². The molecule has 0 saturated carbocycles. The van der Waals surface area contributed by atoms with Crippen LogP contribution in [0.3, 0.4) is 0 Å². The van der Waals surface area contributed by atoms with Crippen LogP contribution in [-0.2, 0) is 6.42 Å². The van der Waals surface area contributed by atoms with Gasteiger partial charge in [-0.25, -0.2) is 4.79 Å². The SMILES string of the molecule is CCc1cc(C2CCN(C(=O)O)C(C(C)(C)C)C2)cc(OC)c1Cl. The summed E-state index contributed by atoms with van der Waals surface area (Å²) in [5.41, 5.74) is 2.19. The second kappa shape index (κ2) is 7.22. The Bertz CT molecular complexity index is 584.